The standard InChI is InChI=1S/C17H19FN2O.C11H9F2NO.C2H6/c18-14-5-6-17-16(9-14)15(7-8-20-17)13-3-1-12(2-4-13)10-19-11-21;1-6-4-14-5-8(6)7-2-9(12)10(13)3-11(7)15;1-2/h5-9,11-13H,1-4,10H2,(H,19,21);2-5,14-15H,1H3;1-2H3. The molecule has 202 valence electrons. The Morgan fingerprint density at radius 1 is 1.00 bits per heavy atom. The van der Waals surface area contributed by atoms with E-state index in [1.54, 1.807) is 24.5 Å². The van der Waals surface area contributed by atoms with Crippen LogP contribution in [0.2, 0.25) is 0 Å². The molecule has 4 aromatic rings. The highest BCUT2D eigenvalue weighted by molar-refractivity contribution is 5.82. The summed E-state index contributed by atoms with van der Waals surface area (Å²) in [6, 6.07) is 8.58. The number of benzene rings is 2. The molecule has 5 rings (SSSR count). The first-order chi connectivity index (χ1) is 18.4. The Bertz CT molecular complexity index is 1350. The number of hydrogen-bond donors (Lipinski definition) is 3. The number of halogens is 3. The molecule has 2 heterocycles. The summed E-state index contributed by atoms with van der Waals surface area (Å²) >= 11 is 0. The van der Waals surface area contributed by atoms with E-state index in [-0.39, 0.29) is 17.1 Å². The van der Waals surface area contributed by atoms with Gasteiger partial charge >= 0.3 is 0 Å². The average molecular weight is 526 g/mol. The van der Waals surface area contributed by atoms with Gasteiger partial charge in [-0.2, -0.15) is 0 Å². The number of nitrogens with one attached hydrogen (secondary N) is 2. The van der Waals surface area contributed by atoms with Crippen LogP contribution in [0.15, 0.2) is 55.0 Å². The first-order valence-electron chi connectivity index (χ1n) is 12.9. The van der Waals surface area contributed by atoms with Crippen molar-refractivity contribution in [3.05, 3.63) is 83.6 Å². The van der Waals surface area contributed by atoms with E-state index in [1.807, 2.05) is 33.0 Å². The van der Waals surface area contributed by atoms with Gasteiger partial charge < -0.3 is 15.4 Å². The van der Waals surface area contributed by atoms with Crippen LogP contribution in [0.3, 0.4) is 0 Å². The number of amides is 1. The van der Waals surface area contributed by atoms with Gasteiger partial charge in [-0.25, -0.2) is 13.2 Å². The summed E-state index contributed by atoms with van der Waals surface area (Å²) < 4.78 is 39.3. The van der Waals surface area contributed by atoms with Crippen LogP contribution in [-0.2, 0) is 4.79 Å². The lowest BCUT2D eigenvalue weighted by Gasteiger charge is -2.29. The van der Waals surface area contributed by atoms with Crippen molar-refractivity contribution >= 4 is 17.3 Å². The van der Waals surface area contributed by atoms with Gasteiger partial charge in [0, 0.05) is 47.7 Å². The smallest absolute Gasteiger partial charge is 0.207 e. The fraction of sp³-hybridized carbons (Fsp3) is 0.333. The van der Waals surface area contributed by atoms with Crippen molar-refractivity contribution in [3.8, 4) is 16.9 Å². The van der Waals surface area contributed by atoms with Gasteiger partial charge in [-0.3, -0.25) is 9.78 Å². The quantitative estimate of drug-likeness (QED) is 0.238. The van der Waals surface area contributed by atoms with E-state index in [9.17, 15) is 23.1 Å². The zero-order valence-electron chi connectivity index (χ0n) is 21.9. The van der Waals surface area contributed by atoms with Crippen molar-refractivity contribution < 1.29 is 23.1 Å². The summed E-state index contributed by atoms with van der Waals surface area (Å²) in [5.41, 5.74) is 3.87. The van der Waals surface area contributed by atoms with E-state index in [4.69, 9.17) is 0 Å². The van der Waals surface area contributed by atoms with Crippen LogP contribution < -0.4 is 5.32 Å². The topological polar surface area (TPSA) is 78.0 Å². The third-order valence-electron chi connectivity index (χ3n) is 6.79. The van der Waals surface area contributed by atoms with E-state index >= 15 is 0 Å². The lowest BCUT2D eigenvalue weighted by Crippen LogP contribution is -2.25. The number of phenols is 1. The maximum Gasteiger partial charge on any atom is 0.207 e. The zero-order chi connectivity index (χ0) is 27.7. The van der Waals surface area contributed by atoms with Crippen molar-refractivity contribution in [1.82, 2.24) is 15.3 Å². The summed E-state index contributed by atoms with van der Waals surface area (Å²) in [4.78, 5) is 17.5. The predicted molar refractivity (Wildman–Crippen MR) is 144 cm³/mol. The van der Waals surface area contributed by atoms with Gasteiger partial charge in [-0.15, -0.1) is 0 Å². The molecule has 38 heavy (non-hydrogen) atoms. The number of aryl methyl sites for hydroxylation is 1. The molecule has 0 atom stereocenters. The van der Waals surface area contributed by atoms with Crippen molar-refractivity contribution in [2.75, 3.05) is 6.54 Å². The molecule has 1 fully saturated rings. The number of nitrogens with zero attached hydrogens (tertiary/aromatic N) is 1. The molecule has 0 bridgehead atoms. The van der Waals surface area contributed by atoms with Crippen LogP contribution in [0.1, 0.15) is 56.6 Å². The summed E-state index contributed by atoms with van der Waals surface area (Å²) in [6.07, 6.45) is 10.3. The summed E-state index contributed by atoms with van der Waals surface area (Å²) in [6.45, 7) is 6.58. The van der Waals surface area contributed by atoms with Crippen LogP contribution in [0, 0.1) is 30.3 Å². The van der Waals surface area contributed by atoms with Crippen molar-refractivity contribution in [1.29, 1.82) is 0 Å². The van der Waals surface area contributed by atoms with E-state index in [2.05, 4.69) is 15.3 Å². The average Bonchev–Trinajstić information content (AvgIpc) is 3.36. The Balaban J connectivity index is 0.000000208. The monoisotopic (exact) mass is 525 g/mol. The Morgan fingerprint density at radius 2 is 1.71 bits per heavy atom. The largest absolute Gasteiger partial charge is 0.507 e. The number of phenolic OH excluding ortho intramolecular Hbond substituents is 1. The van der Waals surface area contributed by atoms with E-state index < -0.39 is 11.6 Å². The van der Waals surface area contributed by atoms with Gasteiger partial charge in [0.2, 0.25) is 6.41 Å². The SMILES string of the molecule is CC.Cc1c[nH]cc1-c1cc(F)c(F)cc1O.O=CNCC1CCC(c2ccnc3ccc(F)cc23)CC1. The van der Waals surface area contributed by atoms with Gasteiger partial charge in [-0.05, 0) is 85.9 Å². The number of aromatic amines is 1. The second-order valence-corrected chi connectivity index (χ2v) is 9.14. The fourth-order valence-corrected chi connectivity index (χ4v) is 4.87. The minimum absolute atomic E-state index is 0.208. The number of pyridine rings is 1. The third-order valence-corrected chi connectivity index (χ3v) is 6.79. The number of aromatic hydroxyl groups is 1. The predicted octanol–water partition coefficient (Wildman–Crippen LogP) is 7.39. The Hall–Kier alpha value is -3.81. The highest BCUT2D eigenvalue weighted by atomic mass is 19.2. The number of H-pyrrole nitrogens is 1. The van der Waals surface area contributed by atoms with Gasteiger partial charge in [-0.1, -0.05) is 13.8 Å². The first kappa shape index (κ1) is 28.8. The molecule has 8 heteroatoms. The molecule has 1 aliphatic rings. The molecule has 1 saturated carbocycles. The van der Waals surface area contributed by atoms with Crippen LogP contribution in [0.5, 0.6) is 5.75 Å². The molecule has 3 N–H and O–H groups in total. The van der Waals surface area contributed by atoms with Crippen molar-refractivity contribution in [3.63, 3.8) is 0 Å². The number of aromatic nitrogens is 2. The maximum absolute atomic E-state index is 13.5. The highest BCUT2D eigenvalue weighted by Gasteiger charge is 2.23. The van der Waals surface area contributed by atoms with Crippen LogP contribution >= 0.6 is 0 Å². The lowest BCUT2D eigenvalue weighted by molar-refractivity contribution is -0.109. The summed E-state index contributed by atoms with van der Waals surface area (Å²) in [7, 11) is 0. The maximum atomic E-state index is 13.5. The fourth-order valence-electron chi connectivity index (χ4n) is 4.87. The molecule has 0 radical (unpaired) electrons. The van der Waals surface area contributed by atoms with E-state index in [0.29, 0.717) is 17.4 Å². The van der Waals surface area contributed by atoms with Gasteiger partial charge in [0.25, 0.3) is 0 Å². The summed E-state index contributed by atoms with van der Waals surface area (Å²) in [5, 5.41) is 13.2. The van der Waals surface area contributed by atoms with Crippen LogP contribution in [-0.4, -0.2) is 28.0 Å². The van der Waals surface area contributed by atoms with Crippen LogP contribution in [0.25, 0.3) is 22.0 Å². The van der Waals surface area contributed by atoms with Crippen molar-refractivity contribution in [2.24, 2.45) is 5.92 Å². The molecule has 2 aromatic heterocycles. The van der Waals surface area contributed by atoms with Crippen LogP contribution in [0.4, 0.5) is 13.2 Å². The molecule has 0 saturated heterocycles. The number of hydrogen-bond acceptors (Lipinski definition) is 3. The number of carbonyl (C=O) groups is 1. The van der Waals surface area contributed by atoms with E-state index in [0.717, 1.165) is 67.2 Å². The molecular formula is C30H34F3N3O2. The summed E-state index contributed by atoms with van der Waals surface area (Å²) in [5.74, 6) is -1.47. The van der Waals surface area contributed by atoms with Gasteiger partial charge in [0.1, 0.15) is 11.6 Å². The second kappa shape index (κ2) is 13.7. The minimum Gasteiger partial charge on any atom is -0.507 e. The first-order valence-corrected chi connectivity index (χ1v) is 12.9. The van der Waals surface area contributed by atoms with E-state index in [1.165, 1.54) is 11.6 Å². The number of fused-ring (bicyclic) bond motifs is 1. The molecule has 5 nitrogen and oxygen atoms in total. The molecule has 1 aliphatic carbocycles. The van der Waals surface area contributed by atoms with Gasteiger partial charge in [0.15, 0.2) is 11.6 Å². The molecule has 0 unspecified atom stereocenters. The third kappa shape index (κ3) is 6.94. The normalized spacial score (nSPS) is 16.6. The Morgan fingerprint density at radius 3 is 2.37 bits per heavy atom. The van der Waals surface area contributed by atoms with Gasteiger partial charge in [0.05, 0.1) is 5.52 Å². The molecule has 0 spiro atoms. The molecule has 0 aliphatic heterocycles. The zero-order valence-corrected chi connectivity index (χ0v) is 21.9. The number of rotatable bonds is 5. The minimum atomic E-state index is -1.05. The second-order valence-electron chi connectivity index (χ2n) is 9.14. The molecule has 1 amide bonds. The highest BCUT2D eigenvalue weighted by Crippen LogP contribution is 2.38. The van der Waals surface area contributed by atoms with Crippen molar-refractivity contribution in [2.45, 2.75) is 52.4 Å². The Kier molecular flexibility index (Phi) is 10.3. The number of carbonyl (C=O) groups excluding carboxylic acids is 1. The lowest BCUT2D eigenvalue weighted by atomic mass is 9.78. The molecular weight excluding hydrogens is 491 g/mol. The molecule has 2 aromatic carbocycles. The Labute approximate surface area is 221 Å².